The Morgan fingerprint density at radius 1 is 1.22 bits per heavy atom. The molecule has 0 N–H and O–H groups in total. The highest BCUT2D eigenvalue weighted by Gasteiger charge is 2.22. The fraction of sp³-hybridized carbons (Fsp3) is 0.357. The summed E-state index contributed by atoms with van der Waals surface area (Å²) in [4.78, 5) is 13.2. The van der Waals surface area contributed by atoms with Gasteiger partial charge in [0.25, 0.3) is 0 Å². The number of rotatable bonds is 3. The van der Waals surface area contributed by atoms with E-state index < -0.39 is 21.5 Å². The number of fused-ring (bicyclic) bond motifs is 1. The number of nitrogens with zero attached hydrogens (tertiary/aromatic N) is 4. The molecule has 0 aromatic carbocycles. The number of hydrogen-bond acceptors (Lipinski definition) is 6. The van der Waals surface area contributed by atoms with E-state index in [0.29, 0.717) is 25.2 Å². The van der Waals surface area contributed by atoms with Crippen molar-refractivity contribution in [2.45, 2.75) is 24.7 Å². The maximum Gasteiger partial charge on any atom is 0.246 e. The quantitative estimate of drug-likeness (QED) is 0.779. The van der Waals surface area contributed by atoms with Gasteiger partial charge in [-0.05, 0) is 0 Å². The third kappa shape index (κ3) is 3.35. The van der Waals surface area contributed by atoms with Crippen LogP contribution in [0.15, 0.2) is 23.7 Å². The van der Waals surface area contributed by atoms with E-state index in [1.54, 1.807) is 0 Å². The van der Waals surface area contributed by atoms with E-state index in [2.05, 4.69) is 15.0 Å². The zero-order chi connectivity index (χ0) is 16.6. The van der Waals surface area contributed by atoms with Crippen LogP contribution < -0.4 is 0 Å². The minimum atomic E-state index is -3.45. The summed E-state index contributed by atoms with van der Waals surface area (Å²) >= 11 is 0. The van der Waals surface area contributed by atoms with E-state index in [1.165, 1.54) is 6.20 Å². The van der Waals surface area contributed by atoms with Crippen molar-refractivity contribution in [3.8, 4) is 0 Å². The molecular formula is C14H14F2N4O2S. The van der Waals surface area contributed by atoms with Crippen LogP contribution in [-0.4, -0.2) is 41.1 Å². The lowest BCUT2D eigenvalue weighted by molar-refractivity contribution is 0.235. The first-order chi connectivity index (χ1) is 10.8. The van der Waals surface area contributed by atoms with Crippen molar-refractivity contribution in [3.05, 3.63) is 47.0 Å². The topological polar surface area (TPSA) is 76.1 Å². The predicted molar refractivity (Wildman–Crippen MR) is 77.1 cm³/mol. The van der Waals surface area contributed by atoms with Gasteiger partial charge < -0.3 is 0 Å². The molecule has 2 aromatic heterocycles. The largest absolute Gasteiger partial charge is 0.294 e. The summed E-state index contributed by atoms with van der Waals surface area (Å²) in [5.41, 5.74) is 1.39. The molecule has 0 spiro atoms. The number of hydrogen-bond donors (Lipinski definition) is 0. The average molecular weight is 340 g/mol. The Hall–Kier alpha value is -2.00. The van der Waals surface area contributed by atoms with Crippen LogP contribution in [-0.2, 0) is 29.3 Å². The van der Waals surface area contributed by atoms with Gasteiger partial charge in [0, 0.05) is 49.6 Å². The fourth-order valence-corrected chi connectivity index (χ4v) is 3.00. The Labute approximate surface area is 132 Å². The molecule has 2 aromatic rings. The van der Waals surface area contributed by atoms with Crippen molar-refractivity contribution in [3.63, 3.8) is 0 Å². The Morgan fingerprint density at radius 2 is 1.91 bits per heavy atom. The molecule has 0 amide bonds. The van der Waals surface area contributed by atoms with E-state index in [0.717, 1.165) is 24.2 Å². The van der Waals surface area contributed by atoms with Gasteiger partial charge in [-0.15, -0.1) is 0 Å². The Morgan fingerprint density at radius 3 is 2.57 bits per heavy atom. The van der Waals surface area contributed by atoms with E-state index in [1.807, 2.05) is 4.90 Å². The fourth-order valence-electron chi connectivity index (χ4n) is 2.48. The van der Waals surface area contributed by atoms with Crippen molar-refractivity contribution < 1.29 is 17.2 Å². The van der Waals surface area contributed by atoms with E-state index in [9.17, 15) is 17.2 Å². The molecule has 122 valence electrons. The molecule has 0 saturated heterocycles. The molecule has 0 fully saturated rings. The normalized spacial score (nSPS) is 15.4. The third-order valence-electron chi connectivity index (χ3n) is 3.66. The maximum absolute atomic E-state index is 13.7. The SMILES string of the molecule is CS(=O)(=O)c1ncc2c(n1)CCN(Cc1c(F)cncc1F)C2. The van der Waals surface area contributed by atoms with Crippen LogP contribution in [0.5, 0.6) is 0 Å². The molecule has 0 saturated carbocycles. The van der Waals surface area contributed by atoms with Gasteiger partial charge in [0.2, 0.25) is 15.0 Å². The highest BCUT2D eigenvalue weighted by molar-refractivity contribution is 7.90. The first kappa shape index (κ1) is 15.9. The molecule has 0 bridgehead atoms. The second-order valence-corrected chi connectivity index (χ2v) is 7.35. The average Bonchev–Trinajstić information content (AvgIpc) is 2.49. The van der Waals surface area contributed by atoms with Crippen LogP contribution in [0.25, 0.3) is 0 Å². The zero-order valence-corrected chi connectivity index (χ0v) is 13.1. The minimum Gasteiger partial charge on any atom is -0.294 e. The van der Waals surface area contributed by atoms with Crippen molar-refractivity contribution in [2.24, 2.45) is 0 Å². The molecule has 0 radical (unpaired) electrons. The molecule has 3 heterocycles. The van der Waals surface area contributed by atoms with Crippen LogP contribution in [0.4, 0.5) is 8.78 Å². The molecule has 1 aliphatic heterocycles. The van der Waals surface area contributed by atoms with E-state index in [4.69, 9.17) is 0 Å². The summed E-state index contributed by atoms with van der Waals surface area (Å²) in [5.74, 6) is -1.36. The summed E-state index contributed by atoms with van der Waals surface area (Å²) < 4.78 is 50.3. The molecular weight excluding hydrogens is 326 g/mol. The summed E-state index contributed by atoms with van der Waals surface area (Å²) in [6.45, 7) is 1.03. The van der Waals surface area contributed by atoms with Gasteiger partial charge in [-0.25, -0.2) is 27.2 Å². The lowest BCUT2D eigenvalue weighted by atomic mass is 10.1. The van der Waals surface area contributed by atoms with Crippen LogP contribution in [0.3, 0.4) is 0 Å². The van der Waals surface area contributed by atoms with Crippen molar-refractivity contribution in [1.29, 1.82) is 0 Å². The molecule has 3 rings (SSSR count). The van der Waals surface area contributed by atoms with Crippen LogP contribution in [0, 0.1) is 11.6 Å². The van der Waals surface area contributed by atoms with Gasteiger partial charge in [-0.1, -0.05) is 0 Å². The van der Waals surface area contributed by atoms with Crippen molar-refractivity contribution >= 4 is 9.84 Å². The number of sulfone groups is 1. The van der Waals surface area contributed by atoms with E-state index in [-0.39, 0.29) is 17.3 Å². The third-order valence-corrected chi connectivity index (χ3v) is 4.52. The number of halogens is 2. The lowest BCUT2D eigenvalue weighted by Crippen LogP contribution is -2.32. The Balaban J connectivity index is 1.81. The second kappa shape index (κ2) is 5.89. The second-order valence-electron chi connectivity index (χ2n) is 5.44. The first-order valence-corrected chi connectivity index (χ1v) is 8.79. The van der Waals surface area contributed by atoms with Gasteiger partial charge in [-0.2, -0.15) is 0 Å². The van der Waals surface area contributed by atoms with Gasteiger partial charge in [0.1, 0.15) is 11.6 Å². The van der Waals surface area contributed by atoms with Crippen LogP contribution in [0.2, 0.25) is 0 Å². The van der Waals surface area contributed by atoms with Gasteiger partial charge >= 0.3 is 0 Å². The molecule has 0 atom stereocenters. The molecule has 9 heteroatoms. The standard InChI is InChI=1S/C14H14F2N4O2S/c1-23(21,22)14-18-4-9-7-20(3-2-13(9)19-14)8-10-11(15)5-17-6-12(10)16/h4-6H,2-3,7-8H2,1H3. The molecule has 0 aliphatic carbocycles. The first-order valence-electron chi connectivity index (χ1n) is 6.89. The highest BCUT2D eigenvalue weighted by atomic mass is 32.2. The van der Waals surface area contributed by atoms with Crippen LogP contribution in [0.1, 0.15) is 16.8 Å². The predicted octanol–water partition coefficient (Wildman–Crippen LogP) is 1.11. The summed E-state index contributed by atoms with van der Waals surface area (Å²) in [5, 5.41) is -0.198. The zero-order valence-electron chi connectivity index (χ0n) is 12.3. The summed E-state index contributed by atoms with van der Waals surface area (Å²) in [6, 6.07) is 0. The number of aromatic nitrogens is 3. The molecule has 23 heavy (non-hydrogen) atoms. The molecule has 0 unspecified atom stereocenters. The monoisotopic (exact) mass is 340 g/mol. The highest BCUT2D eigenvalue weighted by Crippen LogP contribution is 2.21. The van der Waals surface area contributed by atoms with Crippen LogP contribution >= 0.6 is 0 Å². The van der Waals surface area contributed by atoms with Crippen molar-refractivity contribution in [2.75, 3.05) is 12.8 Å². The van der Waals surface area contributed by atoms with Gasteiger partial charge in [0.05, 0.1) is 18.1 Å². The lowest BCUT2D eigenvalue weighted by Gasteiger charge is -2.28. The Bertz CT molecular complexity index is 838. The Kier molecular flexibility index (Phi) is 4.07. The smallest absolute Gasteiger partial charge is 0.246 e. The minimum absolute atomic E-state index is 0.0304. The van der Waals surface area contributed by atoms with Gasteiger partial charge in [-0.3, -0.25) is 9.88 Å². The number of pyridine rings is 1. The summed E-state index contributed by atoms with van der Waals surface area (Å²) in [6.07, 6.45) is 4.98. The maximum atomic E-state index is 13.7. The van der Waals surface area contributed by atoms with Crippen molar-refractivity contribution in [1.82, 2.24) is 19.9 Å². The molecule has 1 aliphatic rings. The van der Waals surface area contributed by atoms with E-state index >= 15 is 0 Å². The molecule has 6 nitrogen and oxygen atoms in total. The van der Waals surface area contributed by atoms with Gasteiger partial charge in [0.15, 0.2) is 0 Å². The summed E-state index contributed by atoms with van der Waals surface area (Å²) in [7, 11) is -3.45.